The molecule has 1 aliphatic rings. The number of hydrogen-bond acceptors (Lipinski definition) is 7. The first kappa shape index (κ1) is 21.5. The lowest BCUT2D eigenvalue weighted by atomic mass is 9.83. The van der Waals surface area contributed by atoms with Gasteiger partial charge in [-0.1, -0.05) is 6.07 Å². The smallest absolute Gasteiger partial charge is 0.338 e. The lowest BCUT2D eigenvalue weighted by Gasteiger charge is -2.28. The maximum absolute atomic E-state index is 12.7. The number of hydrogen-bond donors (Lipinski definition) is 1. The highest BCUT2D eigenvalue weighted by molar-refractivity contribution is 6.19. The molecule has 0 saturated heterocycles. The van der Waals surface area contributed by atoms with Gasteiger partial charge in [-0.05, 0) is 38.5 Å². The van der Waals surface area contributed by atoms with Gasteiger partial charge in [-0.3, -0.25) is 0 Å². The third-order valence-corrected chi connectivity index (χ3v) is 4.26. The summed E-state index contributed by atoms with van der Waals surface area (Å²) in [5, 5.41) is 9.66. The van der Waals surface area contributed by atoms with Gasteiger partial charge in [0.1, 0.15) is 17.4 Å². The highest BCUT2D eigenvalue weighted by Gasteiger charge is 2.37. The van der Waals surface area contributed by atoms with Crippen LogP contribution in [0.4, 0.5) is 0 Å². The molecule has 1 heterocycles. The zero-order valence-electron chi connectivity index (χ0n) is 16.1. The Kier molecular flexibility index (Phi) is 7.59. The number of alkyl halides is 1. The zero-order valence-corrected chi connectivity index (χ0v) is 16.8. The lowest BCUT2D eigenvalue weighted by Crippen LogP contribution is -2.26. The summed E-state index contributed by atoms with van der Waals surface area (Å²) in [6.45, 7) is 6.47. The molecule has 0 fully saturated rings. The molecule has 8 heteroatoms. The summed E-state index contributed by atoms with van der Waals surface area (Å²) < 4.78 is 21.9. The second kappa shape index (κ2) is 9.90. The SMILES string of the molecule is CCOC(=O)C1=C(CCl)OC(N)=C(C#N)[C@@H]1c1ccc(OCC)c(OCC)c1. The minimum Gasteiger partial charge on any atom is -0.490 e. The third-order valence-electron chi connectivity index (χ3n) is 4.01. The van der Waals surface area contributed by atoms with Gasteiger partial charge in [-0.2, -0.15) is 5.26 Å². The van der Waals surface area contributed by atoms with E-state index in [1.165, 1.54) is 0 Å². The summed E-state index contributed by atoms with van der Waals surface area (Å²) in [6.07, 6.45) is 0. The highest BCUT2D eigenvalue weighted by atomic mass is 35.5. The molecule has 0 radical (unpaired) electrons. The van der Waals surface area contributed by atoms with Crippen LogP contribution < -0.4 is 15.2 Å². The summed E-state index contributed by atoms with van der Waals surface area (Å²) in [5.74, 6) is -0.373. The van der Waals surface area contributed by atoms with Gasteiger partial charge in [0.05, 0.1) is 37.2 Å². The average Bonchev–Trinajstić information content (AvgIpc) is 2.68. The largest absolute Gasteiger partial charge is 0.490 e. The monoisotopic (exact) mass is 406 g/mol. The number of nitrogens with zero attached hydrogens (tertiary/aromatic N) is 1. The number of ether oxygens (including phenoxy) is 4. The van der Waals surface area contributed by atoms with E-state index in [0.29, 0.717) is 30.3 Å². The number of halogens is 1. The van der Waals surface area contributed by atoms with E-state index in [1.807, 2.05) is 19.9 Å². The first-order valence-corrected chi connectivity index (χ1v) is 9.48. The van der Waals surface area contributed by atoms with Crippen molar-refractivity contribution in [3.8, 4) is 17.6 Å². The summed E-state index contributed by atoms with van der Waals surface area (Å²) >= 11 is 5.98. The minimum atomic E-state index is -0.790. The van der Waals surface area contributed by atoms with E-state index in [4.69, 9.17) is 36.3 Å². The maximum atomic E-state index is 12.7. The first-order valence-electron chi connectivity index (χ1n) is 8.95. The quantitative estimate of drug-likeness (QED) is 0.521. The Bertz CT molecular complexity index is 841. The predicted octanol–water partition coefficient (Wildman–Crippen LogP) is 3.35. The van der Waals surface area contributed by atoms with E-state index in [-0.39, 0.29) is 35.3 Å². The molecule has 28 heavy (non-hydrogen) atoms. The first-order chi connectivity index (χ1) is 13.5. The fourth-order valence-corrected chi connectivity index (χ4v) is 3.13. The van der Waals surface area contributed by atoms with Crippen molar-refractivity contribution >= 4 is 17.6 Å². The molecule has 1 aromatic carbocycles. The summed E-state index contributed by atoms with van der Waals surface area (Å²) in [5.41, 5.74) is 6.79. The molecule has 0 aliphatic carbocycles. The van der Waals surface area contributed by atoms with Crippen LogP contribution in [0.15, 0.2) is 41.0 Å². The van der Waals surface area contributed by atoms with Crippen molar-refractivity contribution in [1.29, 1.82) is 5.26 Å². The fraction of sp³-hybridized carbons (Fsp3) is 0.400. The highest BCUT2D eigenvalue weighted by Crippen LogP contribution is 2.42. The number of nitriles is 1. The van der Waals surface area contributed by atoms with Gasteiger partial charge in [0.15, 0.2) is 11.5 Å². The number of rotatable bonds is 8. The molecule has 1 aromatic rings. The molecule has 0 aromatic heterocycles. The standard InChI is InChI=1S/C20H23ClN2O5/c1-4-25-14-8-7-12(9-15(14)26-5-2)17-13(11-22)19(23)28-16(10-21)18(17)20(24)27-6-3/h7-9,17H,4-6,10,23H2,1-3H3/t17-/m0/s1. The molecule has 2 rings (SSSR count). The molecule has 0 unspecified atom stereocenters. The average molecular weight is 407 g/mol. The zero-order chi connectivity index (χ0) is 20.7. The Morgan fingerprint density at radius 3 is 2.46 bits per heavy atom. The number of benzene rings is 1. The predicted molar refractivity (Wildman–Crippen MR) is 104 cm³/mol. The Balaban J connectivity index is 2.66. The van der Waals surface area contributed by atoms with Crippen molar-refractivity contribution in [2.24, 2.45) is 5.73 Å². The molecule has 150 valence electrons. The van der Waals surface area contributed by atoms with E-state index in [2.05, 4.69) is 0 Å². The minimum absolute atomic E-state index is 0.0944. The molecular formula is C20H23ClN2O5. The molecule has 1 atom stereocenters. The van der Waals surface area contributed by atoms with Gasteiger partial charge >= 0.3 is 5.97 Å². The Hall–Kier alpha value is -2.85. The van der Waals surface area contributed by atoms with Gasteiger partial charge in [0, 0.05) is 0 Å². The van der Waals surface area contributed by atoms with Crippen LogP contribution >= 0.6 is 11.6 Å². The van der Waals surface area contributed by atoms with Crippen molar-refractivity contribution in [3.63, 3.8) is 0 Å². The van der Waals surface area contributed by atoms with E-state index in [0.717, 1.165) is 0 Å². The van der Waals surface area contributed by atoms with Crippen LogP contribution in [0.5, 0.6) is 11.5 Å². The summed E-state index contributed by atoms with van der Waals surface area (Å²) in [4.78, 5) is 12.7. The summed E-state index contributed by atoms with van der Waals surface area (Å²) in [7, 11) is 0. The second-order valence-electron chi connectivity index (χ2n) is 5.69. The Morgan fingerprint density at radius 1 is 1.21 bits per heavy atom. The van der Waals surface area contributed by atoms with Crippen LogP contribution in [0.25, 0.3) is 0 Å². The van der Waals surface area contributed by atoms with Crippen LogP contribution in [-0.4, -0.2) is 31.7 Å². The van der Waals surface area contributed by atoms with Crippen LogP contribution in [-0.2, 0) is 14.3 Å². The normalized spacial score (nSPS) is 16.3. The number of esters is 1. The molecule has 7 nitrogen and oxygen atoms in total. The van der Waals surface area contributed by atoms with Gasteiger partial charge in [0.25, 0.3) is 0 Å². The number of allylic oxidation sites excluding steroid dienone is 2. The topological polar surface area (TPSA) is 104 Å². The number of carbonyl (C=O) groups is 1. The van der Waals surface area contributed by atoms with Crippen molar-refractivity contribution in [2.45, 2.75) is 26.7 Å². The Morgan fingerprint density at radius 2 is 1.89 bits per heavy atom. The molecule has 2 N–H and O–H groups in total. The lowest BCUT2D eigenvalue weighted by molar-refractivity contribution is -0.139. The van der Waals surface area contributed by atoms with Gasteiger partial charge in [-0.25, -0.2) is 4.79 Å². The molecule has 0 saturated carbocycles. The van der Waals surface area contributed by atoms with Gasteiger partial charge in [-0.15, -0.1) is 11.6 Å². The van der Waals surface area contributed by atoms with Gasteiger partial charge < -0.3 is 24.7 Å². The van der Waals surface area contributed by atoms with E-state index < -0.39 is 11.9 Å². The number of carbonyl (C=O) groups excluding carboxylic acids is 1. The summed E-state index contributed by atoms with van der Waals surface area (Å²) in [6, 6.07) is 7.24. The van der Waals surface area contributed by atoms with Gasteiger partial charge in [0.2, 0.25) is 5.88 Å². The fourth-order valence-electron chi connectivity index (χ4n) is 2.93. The molecule has 0 amide bonds. The maximum Gasteiger partial charge on any atom is 0.338 e. The van der Waals surface area contributed by atoms with Crippen molar-refractivity contribution < 1.29 is 23.7 Å². The molecule has 1 aliphatic heterocycles. The Labute approximate surface area is 169 Å². The third kappa shape index (κ3) is 4.34. The van der Waals surface area contributed by atoms with Crippen LogP contribution in [0.2, 0.25) is 0 Å². The van der Waals surface area contributed by atoms with Crippen LogP contribution in [0.3, 0.4) is 0 Å². The molecule has 0 bridgehead atoms. The van der Waals surface area contributed by atoms with Crippen LogP contribution in [0, 0.1) is 11.3 Å². The van der Waals surface area contributed by atoms with E-state index in [9.17, 15) is 10.1 Å². The molecular weight excluding hydrogens is 384 g/mol. The van der Waals surface area contributed by atoms with E-state index in [1.54, 1.807) is 25.1 Å². The van der Waals surface area contributed by atoms with Crippen LogP contribution in [0.1, 0.15) is 32.3 Å². The number of nitrogens with two attached hydrogens (primary N) is 1. The van der Waals surface area contributed by atoms with Crippen molar-refractivity contribution in [2.75, 3.05) is 25.7 Å². The molecule has 0 spiro atoms. The van der Waals surface area contributed by atoms with E-state index >= 15 is 0 Å². The van der Waals surface area contributed by atoms with Crippen molar-refractivity contribution in [1.82, 2.24) is 0 Å². The van der Waals surface area contributed by atoms with Crippen molar-refractivity contribution in [3.05, 3.63) is 46.6 Å². The second-order valence-corrected chi connectivity index (χ2v) is 5.96.